The van der Waals surface area contributed by atoms with Gasteiger partial charge in [0.2, 0.25) is 0 Å². The highest BCUT2D eigenvalue weighted by Gasteiger charge is 1.98. The van der Waals surface area contributed by atoms with Crippen molar-refractivity contribution in [2.24, 2.45) is 5.73 Å². The van der Waals surface area contributed by atoms with Crippen molar-refractivity contribution in [3.8, 4) is 11.8 Å². The van der Waals surface area contributed by atoms with Gasteiger partial charge in [0, 0.05) is 5.69 Å². The highest BCUT2D eigenvalue weighted by molar-refractivity contribution is 5.30. The van der Waals surface area contributed by atoms with Gasteiger partial charge in [-0.25, -0.2) is 9.37 Å². The van der Waals surface area contributed by atoms with Gasteiger partial charge in [-0.1, -0.05) is 5.92 Å². The van der Waals surface area contributed by atoms with Crippen LogP contribution < -0.4 is 5.73 Å². The van der Waals surface area contributed by atoms with E-state index < -0.39 is 5.82 Å². The third-order valence-corrected chi connectivity index (χ3v) is 1.29. The second kappa shape index (κ2) is 3.84. The van der Waals surface area contributed by atoms with Crippen LogP contribution in [0, 0.1) is 24.6 Å². The number of halogens is 1. The van der Waals surface area contributed by atoms with Gasteiger partial charge in [0.1, 0.15) is 5.69 Å². The van der Waals surface area contributed by atoms with Crippen LogP contribution in [0.4, 0.5) is 4.39 Å². The molecule has 0 radical (unpaired) electrons. The number of pyridine rings is 1. The zero-order chi connectivity index (χ0) is 8.97. The summed E-state index contributed by atoms with van der Waals surface area (Å²) < 4.78 is 12.9. The van der Waals surface area contributed by atoms with Crippen LogP contribution in [-0.2, 0) is 0 Å². The fourth-order valence-electron chi connectivity index (χ4n) is 0.762. The SMILES string of the molecule is Cc1ccc(F)c(C#CCN)n1. The molecule has 0 aliphatic rings. The molecule has 0 atom stereocenters. The molecule has 1 heterocycles. The minimum atomic E-state index is -0.401. The van der Waals surface area contributed by atoms with Gasteiger partial charge < -0.3 is 5.73 Å². The molecule has 0 fully saturated rings. The van der Waals surface area contributed by atoms with Gasteiger partial charge in [-0.2, -0.15) is 0 Å². The molecule has 1 aromatic heterocycles. The van der Waals surface area contributed by atoms with Crippen LogP contribution in [0.2, 0.25) is 0 Å². The summed E-state index contributed by atoms with van der Waals surface area (Å²) in [6.45, 7) is 2.00. The number of hydrogen-bond donors (Lipinski definition) is 1. The maximum Gasteiger partial charge on any atom is 0.157 e. The van der Waals surface area contributed by atoms with Crippen LogP contribution in [0.1, 0.15) is 11.4 Å². The quantitative estimate of drug-likeness (QED) is 0.577. The Balaban J connectivity index is 3.05. The van der Waals surface area contributed by atoms with Crippen molar-refractivity contribution in [3.05, 3.63) is 29.3 Å². The summed E-state index contributed by atoms with van der Waals surface area (Å²) in [5.74, 6) is 4.70. The van der Waals surface area contributed by atoms with Crippen molar-refractivity contribution in [2.75, 3.05) is 6.54 Å². The maximum absolute atomic E-state index is 12.9. The highest BCUT2D eigenvalue weighted by Crippen LogP contribution is 2.03. The molecule has 2 N–H and O–H groups in total. The molecule has 0 unspecified atom stereocenters. The second-order valence-electron chi connectivity index (χ2n) is 2.29. The van der Waals surface area contributed by atoms with E-state index in [2.05, 4.69) is 16.8 Å². The zero-order valence-corrected chi connectivity index (χ0v) is 6.76. The summed E-state index contributed by atoms with van der Waals surface area (Å²) in [5.41, 5.74) is 6.06. The van der Waals surface area contributed by atoms with Crippen molar-refractivity contribution in [1.29, 1.82) is 0 Å². The number of rotatable bonds is 0. The molecular weight excluding hydrogens is 155 g/mol. The number of nitrogens with zero attached hydrogens (tertiary/aromatic N) is 1. The van der Waals surface area contributed by atoms with E-state index in [9.17, 15) is 4.39 Å². The lowest BCUT2D eigenvalue weighted by Crippen LogP contribution is -1.95. The van der Waals surface area contributed by atoms with E-state index in [0.29, 0.717) is 0 Å². The Hall–Kier alpha value is -1.40. The number of nitrogens with two attached hydrogens (primary N) is 1. The molecule has 62 valence electrons. The van der Waals surface area contributed by atoms with Crippen LogP contribution in [0.5, 0.6) is 0 Å². The summed E-state index contributed by atoms with van der Waals surface area (Å²) in [6.07, 6.45) is 0. The van der Waals surface area contributed by atoms with Gasteiger partial charge in [0.05, 0.1) is 6.54 Å². The van der Waals surface area contributed by atoms with Crippen LogP contribution in [0.15, 0.2) is 12.1 Å². The first kappa shape index (κ1) is 8.69. The highest BCUT2D eigenvalue weighted by atomic mass is 19.1. The smallest absolute Gasteiger partial charge is 0.157 e. The molecule has 0 amide bonds. The average molecular weight is 164 g/mol. The van der Waals surface area contributed by atoms with Crippen molar-refractivity contribution < 1.29 is 4.39 Å². The predicted molar refractivity (Wildman–Crippen MR) is 44.9 cm³/mol. The lowest BCUT2D eigenvalue weighted by atomic mass is 10.3. The normalized spacial score (nSPS) is 8.92. The van der Waals surface area contributed by atoms with E-state index in [-0.39, 0.29) is 12.2 Å². The largest absolute Gasteiger partial charge is 0.320 e. The molecule has 0 spiro atoms. The van der Waals surface area contributed by atoms with Gasteiger partial charge in [0.15, 0.2) is 5.82 Å². The van der Waals surface area contributed by atoms with Gasteiger partial charge in [-0.3, -0.25) is 0 Å². The third kappa shape index (κ3) is 2.04. The minimum absolute atomic E-state index is 0.167. The Morgan fingerprint density at radius 1 is 1.58 bits per heavy atom. The number of aryl methyl sites for hydroxylation is 1. The van der Waals surface area contributed by atoms with Crippen LogP contribution in [-0.4, -0.2) is 11.5 Å². The van der Waals surface area contributed by atoms with Crippen molar-refractivity contribution in [2.45, 2.75) is 6.92 Å². The van der Waals surface area contributed by atoms with Crippen LogP contribution in [0.3, 0.4) is 0 Å². The summed E-state index contributed by atoms with van der Waals surface area (Å²) >= 11 is 0. The molecule has 0 bridgehead atoms. The Kier molecular flexibility index (Phi) is 2.78. The summed E-state index contributed by atoms with van der Waals surface area (Å²) in [7, 11) is 0. The first-order chi connectivity index (χ1) is 5.74. The Morgan fingerprint density at radius 2 is 2.33 bits per heavy atom. The van der Waals surface area contributed by atoms with E-state index in [0.717, 1.165) is 5.69 Å². The first-order valence-corrected chi connectivity index (χ1v) is 3.56. The molecule has 0 aliphatic carbocycles. The van der Waals surface area contributed by atoms with Crippen LogP contribution in [0.25, 0.3) is 0 Å². The summed E-state index contributed by atoms with van der Waals surface area (Å²) in [6, 6.07) is 2.95. The standard InChI is InChI=1S/C9H9FN2/c1-7-4-5-8(10)9(12-7)3-2-6-11/h4-5H,6,11H2,1H3. The Morgan fingerprint density at radius 3 is 3.00 bits per heavy atom. The lowest BCUT2D eigenvalue weighted by Gasteiger charge is -1.94. The summed E-state index contributed by atoms with van der Waals surface area (Å²) in [4.78, 5) is 3.91. The number of hydrogen-bond acceptors (Lipinski definition) is 2. The molecule has 0 aliphatic heterocycles. The molecule has 0 saturated heterocycles. The summed E-state index contributed by atoms with van der Waals surface area (Å²) in [5, 5.41) is 0. The van der Waals surface area contributed by atoms with E-state index >= 15 is 0 Å². The Labute approximate surface area is 70.6 Å². The van der Waals surface area contributed by atoms with Gasteiger partial charge in [-0.15, -0.1) is 0 Å². The monoisotopic (exact) mass is 164 g/mol. The molecular formula is C9H9FN2. The first-order valence-electron chi connectivity index (χ1n) is 3.56. The number of aromatic nitrogens is 1. The average Bonchev–Trinajstić information content (AvgIpc) is 2.07. The predicted octanol–water partition coefficient (Wildman–Crippen LogP) is 0.839. The second-order valence-corrected chi connectivity index (χ2v) is 2.29. The molecule has 0 saturated carbocycles. The van der Waals surface area contributed by atoms with E-state index in [1.807, 2.05) is 0 Å². The van der Waals surface area contributed by atoms with Crippen LogP contribution >= 0.6 is 0 Å². The molecule has 1 rings (SSSR count). The fourth-order valence-corrected chi connectivity index (χ4v) is 0.762. The van der Waals surface area contributed by atoms with E-state index in [1.54, 1.807) is 13.0 Å². The van der Waals surface area contributed by atoms with Gasteiger partial charge in [0.25, 0.3) is 0 Å². The van der Waals surface area contributed by atoms with E-state index in [1.165, 1.54) is 6.07 Å². The maximum atomic E-state index is 12.9. The van der Waals surface area contributed by atoms with Crippen molar-refractivity contribution >= 4 is 0 Å². The lowest BCUT2D eigenvalue weighted by molar-refractivity contribution is 0.616. The fraction of sp³-hybridized carbons (Fsp3) is 0.222. The molecule has 1 aromatic rings. The molecule has 3 heteroatoms. The molecule has 0 aromatic carbocycles. The molecule has 12 heavy (non-hydrogen) atoms. The molecule has 2 nitrogen and oxygen atoms in total. The van der Waals surface area contributed by atoms with E-state index in [4.69, 9.17) is 5.73 Å². The van der Waals surface area contributed by atoms with Gasteiger partial charge >= 0.3 is 0 Å². The third-order valence-electron chi connectivity index (χ3n) is 1.29. The van der Waals surface area contributed by atoms with Crippen molar-refractivity contribution in [3.63, 3.8) is 0 Å². The van der Waals surface area contributed by atoms with Gasteiger partial charge in [-0.05, 0) is 25.0 Å². The van der Waals surface area contributed by atoms with Crippen molar-refractivity contribution in [1.82, 2.24) is 4.98 Å². The Bertz CT molecular complexity index is 336. The topological polar surface area (TPSA) is 38.9 Å². The minimum Gasteiger partial charge on any atom is -0.320 e. The zero-order valence-electron chi connectivity index (χ0n) is 6.76.